The minimum Gasteiger partial charge on any atom is -0.492 e. The summed E-state index contributed by atoms with van der Waals surface area (Å²) in [6.45, 7) is 5.51. The predicted octanol–water partition coefficient (Wildman–Crippen LogP) is 3.11. The Labute approximate surface area is 103 Å². The van der Waals surface area contributed by atoms with Crippen LogP contribution in [-0.4, -0.2) is 26.2 Å². The molecule has 0 unspecified atom stereocenters. The molecule has 0 N–H and O–H groups in total. The maximum atomic E-state index is 5.59. The summed E-state index contributed by atoms with van der Waals surface area (Å²) in [5.41, 5.74) is 3.85. The Morgan fingerprint density at radius 3 is 2.25 bits per heavy atom. The van der Waals surface area contributed by atoms with E-state index in [-0.39, 0.29) is 0 Å². The third-order valence-corrected chi connectivity index (χ3v) is 2.73. The van der Waals surface area contributed by atoms with Crippen molar-refractivity contribution in [2.45, 2.75) is 20.3 Å². The number of aryl methyl sites for hydroxylation is 2. The fourth-order valence-electron chi connectivity index (χ4n) is 1.79. The highest BCUT2D eigenvalue weighted by atomic mass is 35.5. The molecule has 1 aromatic rings. The van der Waals surface area contributed by atoms with E-state index in [1.54, 1.807) is 7.11 Å². The van der Waals surface area contributed by atoms with E-state index in [9.17, 15) is 0 Å². The largest absolute Gasteiger partial charge is 0.492 e. The van der Waals surface area contributed by atoms with Crippen molar-refractivity contribution < 1.29 is 9.47 Å². The highest BCUT2D eigenvalue weighted by molar-refractivity contribution is 6.18. The van der Waals surface area contributed by atoms with E-state index in [4.69, 9.17) is 21.1 Å². The lowest BCUT2D eigenvalue weighted by Gasteiger charge is -2.12. The second-order valence-electron chi connectivity index (χ2n) is 3.82. The molecule has 0 saturated heterocycles. The average Bonchev–Trinajstić information content (AvgIpc) is 2.25. The normalized spacial score (nSPS) is 10.5. The fourth-order valence-corrected chi connectivity index (χ4v) is 1.87. The second-order valence-corrected chi connectivity index (χ2v) is 4.19. The van der Waals surface area contributed by atoms with Gasteiger partial charge in [0.15, 0.2) is 0 Å². The molecular weight excluding hydrogens is 224 g/mol. The van der Waals surface area contributed by atoms with Crippen molar-refractivity contribution in [2.24, 2.45) is 0 Å². The topological polar surface area (TPSA) is 18.5 Å². The van der Waals surface area contributed by atoms with E-state index in [1.165, 1.54) is 16.7 Å². The molecule has 2 nitrogen and oxygen atoms in total. The first kappa shape index (κ1) is 13.3. The molecule has 0 aliphatic rings. The molecule has 0 fully saturated rings. The fraction of sp³-hybridized carbons (Fsp3) is 0.538. The molecule has 1 aromatic carbocycles. The van der Waals surface area contributed by atoms with Crippen LogP contribution < -0.4 is 4.74 Å². The van der Waals surface area contributed by atoms with Crippen molar-refractivity contribution in [3.8, 4) is 5.75 Å². The molecule has 0 heterocycles. The van der Waals surface area contributed by atoms with Crippen LogP contribution in [0.4, 0.5) is 0 Å². The number of ether oxygens (including phenoxy) is 2. The summed E-state index contributed by atoms with van der Waals surface area (Å²) < 4.78 is 10.6. The monoisotopic (exact) mass is 242 g/mol. The molecule has 0 radical (unpaired) electrons. The number of rotatable bonds is 6. The van der Waals surface area contributed by atoms with Crippen LogP contribution >= 0.6 is 11.6 Å². The zero-order chi connectivity index (χ0) is 12.0. The second kappa shape index (κ2) is 6.77. The Kier molecular flexibility index (Phi) is 5.64. The maximum Gasteiger partial charge on any atom is 0.119 e. The van der Waals surface area contributed by atoms with Crippen molar-refractivity contribution in [1.82, 2.24) is 0 Å². The van der Waals surface area contributed by atoms with Gasteiger partial charge >= 0.3 is 0 Å². The van der Waals surface area contributed by atoms with E-state index in [0.717, 1.165) is 18.8 Å². The molecule has 0 bridgehead atoms. The lowest BCUT2D eigenvalue weighted by molar-refractivity contribution is 0.202. The van der Waals surface area contributed by atoms with Crippen molar-refractivity contribution in [2.75, 3.05) is 26.2 Å². The molecule has 0 aliphatic heterocycles. The molecule has 0 saturated carbocycles. The quantitative estimate of drug-likeness (QED) is 0.714. The average molecular weight is 243 g/mol. The van der Waals surface area contributed by atoms with Gasteiger partial charge in [-0.25, -0.2) is 0 Å². The zero-order valence-corrected chi connectivity index (χ0v) is 10.9. The first-order valence-corrected chi connectivity index (χ1v) is 6.00. The molecule has 3 heteroatoms. The molecule has 90 valence electrons. The van der Waals surface area contributed by atoms with Gasteiger partial charge in [-0.1, -0.05) is 0 Å². The zero-order valence-electron chi connectivity index (χ0n) is 10.2. The van der Waals surface area contributed by atoms with Crippen LogP contribution in [0, 0.1) is 13.8 Å². The summed E-state index contributed by atoms with van der Waals surface area (Å²) in [5.74, 6) is 1.42. The minimum absolute atomic E-state index is 0.517. The first-order valence-electron chi connectivity index (χ1n) is 5.47. The third kappa shape index (κ3) is 3.69. The van der Waals surface area contributed by atoms with Gasteiger partial charge in [-0.3, -0.25) is 0 Å². The molecule has 1 rings (SSSR count). The molecule has 0 aromatic heterocycles. The highest BCUT2D eigenvalue weighted by Crippen LogP contribution is 2.22. The maximum absolute atomic E-state index is 5.59. The molecule has 0 aliphatic carbocycles. The molecular formula is C13H19ClO2. The van der Waals surface area contributed by atoms with E-state index < -0.39 is 0 Å². The first-order chi connectivity index (χ1) is 7.69. The van der Waals surface area contributed by atoms with E-state index in [1.807, 2.05) is 0 Å². The van der Waals surface area contributed by atoms with Crippen LogP contribution in [0.2, 0.25) is 0 Å². The minimum atomic E-state index is 0.517. The van der Waals surface area contributed by atoms with Crippen LogP contribution in [0.25, 0.3) is 0 Å². The summed E-state index contributed by atoms with van der Waals surface area (Å²) in [6, 6.07) is 4.12. The van der Waals surface area contributed by atoms with Gasteiger partial charge in [-0.2, -0.15) is 0 Å². The Morgan fingerprint density at radius 2 is 1.75 bits per heavy atom. The summed E-state index contributed by atoms with van der Waals surface area (Å²) in [7, 11) is 1.72. The summed E-state index contributed by atoms with van der Waals surface area (Å²) in [4.78, 5) is 0. The van der Waals surface area contributed by atoms with E-state index in [2.05, 4.69) is 26.0 Å². The Hall–Kier alpha value is -0.730. The Bertz CT molecular complexity index is 314. The summed E-state index contributed by atoms with van der Waals surface area (Å²) >= 11 is 5.59. The van der Waals surface area contributed by atoms with Gasteiger partial charge in [0.1, 0.15) is 12.4 Å². The van der Waals surface area contributed by atoms with Gasteiger partial charge in [0, 0.05) is 7.11 Å². The number of benzene rings is 1. The van der Waals surface area contributed by atoms with Crippen molar-refractivity contribution in [1.29, 1.82) is 0 Å². The van der Waals surface area contributed by atoms with Gasteiger partial charge < -0.3 is 9.47 Å². The highest BCUT2D eigenvalue weighted by Gasteiger charge is 2.05. The van der Waals surface area contributed by atoms with Gasteiger partial charge in [0.05, 0.1) is 12.5 Å². The standard InChI is InChI=1S/C13H19ClO2/c1-10-8-12(16-7-5-14)9-11(2)13(10)4-6-15-3/h8-9H,4-7H2,1-3H3. The lowest BCUT2D eigenvalue weighted by Crippen LogP contribution is -2.03. The third-order valence-electron chi connectivity index (χ3n) is 2.57. The van der Waals surface area contributed by atoms with Crippen LogP contribution in [0.3, 0.4) is 0 Å². The van der Waals surface area contributed by atoms with Crippen LogP contribution in [0.1, 0.15) is 16.7 Å². The van der Waals surface area contributed by atoms with Gasteiger partial charge in [-0.15, -0.1) is 11.6 Å². The Balaban J connectivity index is 2.80. The van der Waals surface area contributed by atoms with Crippen molar-refractivity contribution in [3.05, 3.63) is 28.8 Å². The molecule has 0 spiro atoms. The molecule has 16 heavy (non-hydrogen) atoms. The number of alkyl halides is 1. The van der Waals surface area contributed by atoms with Crippen molar-refractivity contribution in [3.63, 3.8) is 0 Å². The Morgan fingerprint density at radius 1 is 1.12 bits per heavy atom. The van der Waals surface area contributed by atoms with Crippen molar-refractivity contribution >= 4 is 11.6 Å². The van der Waals surface area contributed by atoms with Gasteiger partial charge in [0.2, 0.25) is 0 Å². The summed E-state index contributed by atoms with van der Waals surface area (Å²) in [6.07, 6.45) is 0.948. The predicted molar refractivity (Wildman–Crippen MR) is 67.7 cm³/mol. The SMILES string of the molecule is COCCc1c(C)cc(OCCCl)cc1C. The van der Waals surface area contributed by atoms with Gasteiger partial charge in [0.25, 0.3) is 0 Å². The van der Waals surface area contributed by atoms with E-state index in [0.29, 0.717) is 12.5 Å². The van der Waals surface area contributed by atoms with E-state index >= 15 is 0 Å². The molecule has 0 amide bonds. The smallest absolute Gasteiger partial charge is 0.119 e. The lowest BCUT2D eigenvalue weighted by atomic mass is 10.00. The molecule has 0 atom stereocenters. The van der Waals surface area contributed by atoms with Gasteiger partial charge in [-0.05, 0) is 49.1 Å². The number of methoxy groups -OCH3 is 1. The van der Waals surface area contributed by atoms with Crippen LogP contribution in [-0.2, 0) is 11.2 Å². The number of hydrogen-bond donors (Lipinski definition) is 0. The van der Waals surface area contributed by atoms with Crippen LogP contribution in [0.5, 0.6) is 5.75 Å². The number of halogens is 1. The summed E-state index contributed by atoms with van der Waals surface area (Å²) in [5, 5.41) is 0. The number of hydrogen-bond acceptors (Lipinski definition) is 2. The van der Waals surface area contributed by atoms with Crippen LogP contribution in [0.15, 0.2) is 12.1 Å².